The van der Waals surface area contributed by atoms with Crippen molar-refractivity contribution < 1.29 is 9.53 Å². The summed E-state index contributed by atoms with van der Waals surface area (Å²) in [5.41, 5.74) is 0. The predicted octanol–water partition coefficient (Wildman–Crippen LogP) is 1.29. The summed E-state index contributed by atoms with van der Waals surface area (Å²) in [4.78, 5) is 10.3. The van der Waals surface area contributed by atoms with Crippen LogP contribution in [0.15, 0.2) is 12.7 Å². The van der Waals surface area contributed by atoms with Crippen molar-refractivity contribution in [2.24, 2.45) is 0 Å². The number of ether oxygens (including phenoxy) is 1. The fraction of sp³-hybridized carbons (Fsp3) is 0.500. The maximum atomic E-state index is 10.3. The van der Waals surface area contributed by atoms with Crippen LogP contribution in [0.1, 0.15) is 13.3 Å². The zero-order chi connectivity index (χ0) is 6.41. The topological polar surface area (TPSA) is 61.3 Å². The van der Waals surface area contributed by atoms with Crippen molar-refractivity contribution in [3.8, 4) is 0 Å². The Morgan fingerprint density at radius 2 is 2.33 bits per heavy atom. The Kier molecular flexibility index (Phi) is 8.79. The van der Waals surface area contributed by atoms with Gasteiger partial charge in [0.1, 0.15) is 0 Å². The van der Waals surface area contributed by atoms with Crippen molar-refractivity contribution in [1.29, 1.82) is 0 Å². The minimum atomic E-state index is -0.206. The second-order valence-corrected chi connectivity index (χ2v) is 1.30. The molecule has 0 saturated carbocycles. The monoisotopic (exact) mass is 131 g/mol. The number of hydrogen-bond acceptors (Lipinski definition) is 3. The van der Waals surface area contributed by atoms with Crippen LogP contribution in [0.3, 0.4) is 0 Å². The average molecular weight is 131 g/mol. The van der Waals surface area contributed by atoms with Crippen LogP contribution >= 0.6 is 0 Å². The largest absolute Gasteiger partial charge is 0.466 e. The minimum Gasteiger partial charge on any atom is -0.466 e. The molecule has 9 heavy (non-hydrogen) atoms. The molecule has 0 aromatic rings. The van der Waals surface area contributed by atoms with Crippen LogP contribution in [0.25, 0.3) is 0 Å². The molecule has 54 valence electrons. The van der Waals surface area contributed by atoms with E-state index < -0.39 is 0 Å². The van der Waals surface area contributed by atoms with Gasteiger partial charge in [0, 0.05) is 0 Å². The van der Waals surface area contributed by atoms with Gasteiger partial charge in [-0.05, 0) is 6.92 Å². The Morgan fingerprint density at radius 1 is 1.78 bits per heavy atom. The van der Waals surface area contributed by atoms with Crippen molar-refractivity contribution in [2.45, 2.75) is 13.3 Å². The van der Waals surface area contributed by atoms with Gasteiger partial charge in [-0.25, -0.2) is 0 Å². The zero-order valence-electron chi connectivity index (χ0n) is 5.72. The highest BCUT2D eigenvalue weighted by Gasteiger charge is 1.93. The minimum absolute atomic E-state index is 0. The van der Waals surface area contributed by atoms with E-state index in [4.69, 9.17) is 0 Å². The highest BCUT2D eigenvalue weighted by Crippen LogP contribution is 1.84. The molecule has 0 atom stereocenters. The lowest BCUT2D eigenvalue weighted by Crippen LogP contribution is -2.00. The van der Waals surface area contributed by atoms with Gasteiger partial charge in [0.05, 0.1) is 13.0 Å². The first kappa shape index (κ1) is 11.0. The maximum absolute atomic E-state index is 10.3. The van der Waals surface area contributed by atoms with Gasteiger partial charge in [-0.2, -0.15) is 0 Å². The van der Waals surface area contributed by atoms with Crippen molar-refractivity contribution in [1.82, 2.24) is 6.15 Å². The number of carbonyl (C=O) groups excluding carboxylic acids is 1. The smallest absolute Gasteiger partial charge is 0.309 e. The highest BCUT2D eigenvalue weighted by molar-refractivity contribution is 5.70. The van der Waals surface area contributed by atoms with Crippen LogP contribution < -0.4 is 6.15 Å². The lowest BCUT2D eigenvalue weighted by molar-refractivity contribution is -0.142. The highest BCUT2D eigenvalue weighted by atomic mass is 16.5. The lowest BCUT2D eigenvalue weighted by atomic mass is 10.4. The number of hydrogen-bond donors (Lipinski definition) is 1. The van der Waals surface area contributed by atoms with Gasteiger partial charge < -0.3 is 10.9 Å². The Labute approximate surface area is 55.3 Å². The summed E-state index contributed by atoms with van der Waals surface area (Å²) in [5.74, 6) is -0.206. The van der Waals surface area contributed by atoms with E-state index in [1.165, 1.54) is 6.08 Å². The Balaban J connectivity index is 0. The number of rotatable bonds is 3. The van der Waals surface area contributed by atoms with Crippen LogP contribution in [-0.2, 0) is 9.53 Å². The molecule has 0 saturated heterocycles. The van der Waals surface area contributed by atoms with Crippen LogP contribution in [0.4, 0.5) is 0 Å². The van der Waals surface area contributed by atoms with E-state index in [-0.39, 0.29) is 12.1 Å². The summed E-state index contributed by atoms with van der Waals surface area (Å²) in [7, 11) is 0. The molecule has 3 nitrogen and oxygen atoms in total. The molecule has 0 bridgehead atoms. The molecule has 0 aromatic heterocycles. The maximum Gasteiger partial charge on any atom is 0.309 e. The van der Waals surface area contributed by atoms with Crippen molar-refractivity contribution >= 4 is 5.97 Å². The van der Waals surface area contributed by atoms with Gasteiger partial charge in [0.2, 0.25) is 0 Å². The van der Waals surface area contributed by atoms with Gasteiger partial charge in [-0.1, -0.05) is 6.08 Å². The summed E-state index contributed by atoms with van der Waals surface area (Å²) in [6.07, 6.45) is 1.84. The van der Waals surface area contributed by atoms with E-state index in [2.05, 4.69) is 11.3 Å². The van der Waals surface area contributed by atoms with E-state index >= 15 is 0 Å². The summed E-state index contributed by atoms with van der Waals surface area (Å²) >= 11 is 0. The Morgan fingerprint density at radius 3 is 2.67 bits per heavy atom. The molecule has 0 fully saturated rings. The summed E-state index contributed by atoms with van der Waals surface area (Å²) < 4.78 is 4.57. The molecule has 0 aliphatic carbocycles. The van der Waals surface area contributed by atoms with Gasteiger partial charge >= 0.3 is 5.97 Å². The summed E-state index contributed by atoms with van der Waals surface area (Å²) in [5, 5.41) is 0. The normalized spacial score (nSPS) is 7.22. The van der Waals surface area contributed by atoms with Crippen molar-refractivity contribution in [3.05, 3.63) is 12.7 Å². The van der Waals surface area contributed by atoms with Gasteiger partial charge in [-0.3, -0.25) is 4.79 Å². The second kappa shape index (κ2) is 7.17. The molecule has 0 aliphatic rings. The van der Waals surface area contributed by atoms with Crippen LogP contribution in [0.5, 0.6) is 0 Å². The predicted molar refractivity (Wildman–Crippen MR) is 36.5 cm³/mol. The second-order valence-electron chi connectivity index (χ2n) is 1.30. The number of carbonyl (C=O) groups is 1. The molecular weight excluding hydrogens is 118 g/mol. The Bertz CT molecular complexity index is 91.1. The third kappa shape index (κ3) is 7.17. The van der Waals surface area contributed by atoms with E-state index in [1.807, 2.05) is 0 Å². The summed E-state index contributed by atoms with van der Waals surface area (Å²) in [6.45, 7) is 5.61. The molecular formula is C6H13NO2. The molecule has 0 radical (unpaired) electrons. The number of esters is 1. The fourth-order valence-corrected chi connectivity index (χ4v) is 0.338. The average Bonchev–Trinajstić information content (AvgIpc) is 1.68. The molecule has 3 N–H and O–H groups in total. The molecule has 0 unspecified atom stereocenters. The van der Waals surface area contributed by atoms with E-state index in [1.54, 1.807) is 6.92 Å². The van der Waals surface area contributed by atoms with Gasteiger partial charge in [-0.15, -0.1) is 6.58 Å². The molecule has 0 heterocycles. The molecule has 0 rings (SSSR count). The van der Waals surface area contributed by atoms with Crippen molar-refractivity contribution in [2.75, 3.05) is 6.61 Å². The fourth-order valence-electron chi connectivity index (χ4n) is 0.338. The van der Waals surface area contributed by atoms with Crippen LogP contribution in [0.2, 0.25) is 0 Å². The Hall–Kier alpha value is -0.830. The first-order valence-electron chi connectivity index (χ1n) is 2.57. The summed E-state index contributed by atoms with van der Waals surface area (Å²) in [6, 6.07) is 0. The van der Waals surface area contributed by atoms with Gasteiger partial charge in [0.15, 0.2) is 0 Å². The first-order valence-corrected chi connectivity index (χ1v) is 2.57. The van der Waals surface area contributed by atoms with Crippen LogP contribution in [-0.4, -0.2) is 12.6 Å². The van der Waals surface area contributed by atoms with Crippen LogP contribution in [0, 0.1) is 0 Å². The molecule has 0 amide bonds. The lowest BCUT2D eigenvalue weighted by Gasteiger charge is -1.94. The van der Waals surface area contributed by atoms with Gasteiger partial charge in [0.25, 0.3) is 0 Å². The third-order valence-corrected chi connectivity index (χ3v) is 0.616. The standard InChI is InChI=1S/C6H10O2.H3N/c1-3-5-6(7)8-4-2;/h3H,1,4-5H2,2H3;1H3. The van der Waals surface area contributed by atoms with E-state index in [9.17, 15) is 4.79 Å². The molecule has 0 spiro atoms. The van der Waals surface area contributed by atoms with E-state index in [0.29, 0.717) is 13.0 Å². The third-order valence-electron chi connectivity index (χ3n) is 0.616. The SMILES string of the molecule is C=CCC(=O)OCC.N. The quantitative estimate of drug-likeness (QED) is 0.463. The molecule has 0 aliphatic heterocycles. The van der Waals surface area contributed by atoms with E-state index in [0.717, 1.165) is 0 Å². The molecule has 3 heteroatoms. The van der Waals surface area contributed by atoms with Crippen molar-refractivity contribution in [3.63, 3.8) is 0 Å². The molecule has 0 aromatic carbocycles. The zero-order valence-corrected chi connectivity index (χ0v) is 5.72. The first-order chi connectivity index (χ1) is 3.81.